The molecule has 0 bridgehead atoms. The summed E-state index contributed by atoms with van der Waals surface area (Å²) in [5, 5.41) is 5.20. The van der Waals surface area contributed by atoms with Crippen molar-refractivity contribution in [2.45, 2.75) is 13.5 Å². The van der Waals surface area contributed by atoms with Gasteiger partial charge in [-0.3, -0.25) is 4.79 Å². The molecule has 26 heavy (non-hydrogen) atoms. The number of rotatable bonds is 6. The first-order valence-corrected chi connectivity index (χ1v) is 9.22. The zero-order valence-electron chi connectivity index (χ0n) is 14.4. The molecule has 1 aromatic heterocycles. The van der Waals surface area contributed by atoms with E-state index in [1.807, 2.05) is 42.6 Å². The van der Waals surface area contributed by atoms with Gasteiger partial charge in [-0.15, -0.1) is 11.3 Å². The summed E-state index contributed by atoms with van der Waals surface area (Å²) >= 11 is 7.46. The number of nitrogens with one attached hydrogen (secondary N) is 1. The molecule has 0 aliphatic carbocycles. The summed E-state index contributed by atoms with van der Waals surface area (Å²) < 4.78 is 10.8. The Morgan fingerprint density at radius 3 is 2.62 bits per heavy atom. The number of benzene rings is 2. The summed E-state index contributed by atoms with van der Waals surface area (Å²) in [5.74, 6) is 1.19. The number of aryl methyl sites for hydroxylation is 1. The lowest BCUT2D eigenvalue weighted by atomic mass is 10.2. The van der Waals surface area contributed by atoms with Crippen molar-refractivity contribution in [3.05, 3.63) is 74.9 Å². The van der Waals surface area contributed by atoms with Crippen LogP contribution in [0.1, 0.15) is 20.8 Å². The molecular weight excluding hydrogens is 370 g/mol. The van der Waals surface area contributed by atoms with Gasteiger partial charge < -0.3 is 14.8 Å². The van der Waals surface area contributed by atoms with Crippen molar-refractivity contribution in [2.24, 2.45) is 0 Å². The van der Waals surface area contributed by atoms with Crippen LogP contribution in [0.15, 0.2) is 53.9 Å². The molecule has 134 valence electrons. The average molecular weight is 388 g/mol. The van der Waals surface area contributed by atoms with Crippen molar-refractivity contribution in [1.29, 1.82) is 0 Å². The zero-order valence-corrected chi connectivity index (χ0v) is 16.0. The molecule has 3 rings (SSSR count). The Hall–Kier alpha value is -2.50. The van der Waals surface area contributed by atoms with Gasteiger partial charge >= 0.3 is 0 Å². The van der Waals surface area contributed by atoms with E-state index in [0.717, 1.165) is 11.3 Å². The van der Waals surface area contributed by atoms with Crippen molar-refractivity contribution in [1.82, 2.24) is 0 Å². The summed E-state index contributed by atoms with van der Waals surface area (Å²) in [6, 6.07) is 14.8. The molecule has 0 saturated heterocycles. The van der Waals surface area contributed by atoms with Crippen LogP contribution in [0.3, 0.4) is 0 Å². The van der Waals surface area contributed by atoms with E-state index < -0.39 is 0 Å². The number of hydrogen-bond donors (Lipinski definition) is 1. The number of amides is 1. The van der Waals surface area contributed by atoms with Crippen LogP contribution in [-0.4, -0.2) is 13.0 Å². The third-order valence-corrected chi connectivity index (χ3v) is 4.99. The average Bonchev–Trinajstić information content (AvgIpc) is 3.11. The Morgan fingerprint density at radius 1 is 1.15 bits per heavy atom. The topological polar surface area (TPSA) is 47.6 Å². The fraction of sp³-hybridized carbons (Fsp3) is 0.150. The van der Waals surface area contributed by atoms with Gasteiger partial charge in [0, 0.05) is 11.3 Å². The minimum absolute atomic E-state index is 0.183. The normalized spacial score (nSPS) is 10.4. The smallest absolute Gasteiger partial charge is 0.265 e. The summed E-state index contributed by atoms with van der Waals surface area (Å²) in [6.07, 6.45) is 0. The van der Waals surface area contributed by atoms with Crippen molar-refractivity contribution in [2.75, 3.05) is 12.4 Å². The van der Waals surface area contributed by atoms with Crippen LogP contribution < -0.4 is 14.8 Å². The Bertz CT molecular complexity index is 906. The monoisotopic (exact) mass is 387 g/mol. The van der Waals surface area contributed by atoms with Crippen LogP contribution >= 0.6 is 22.9 Å². The molecule has 0 unspecified atom stereocenters. The van der Waals surface area contributed by atoms with Crippen LogP contribution in [0.2, 0.25) is 5.02 Å². The van der Waals surface area contributed by atoms with Gasteiger partial charge in [0.05, 0.1) is 17.0 Å². The second kappa shape index (κ2) is 8.25. The zero-order chi connectivity index (χ0) is 18.5. The van der Waals surface area contributed by atoms with E-state index >= 15 is 0 Å². The Morgan fingerprint density at radius 2 is 1.92 bits per heavy atom. The van der Waals surface area contributed by atoms with Crippen LogP contribution in [0.4, 0.5) is 5.69 Å². The second-order valence-corrected chi connectivity index (χ2v) is 7.04. The summed E-state index contributed by atoms with van der Waals surface area (Å²) in [4.78, 5) is 13.0. The van der Waals surface area contributed by atoms with Crippen molar-refractivity contribution in [3.63, 3.8) is 0 Å². The number of methoxy groups -OCH3 is 1. The predicted molar refractivity (Wildman–Crippen MR) is 106 cm³/mol. The molecule has 6 heteroatoms. The molecule has 0 saturated carbocycles. The minimum Gasteiger partial charge on any atom is -0.495 e. The number of anilines is 1. The minimum atomic E-state index is -0.183. The van der Waals surface area contributed by atoms with Crippen molar-refractivity contribution < 1.29 is 14.3 Å². The molecule has 2 aromatic carbocycles. The Labute approximate surface area is 161 Å². The molecule has 3 aromatic rings. The molecule has 4 nitrogen and oxygen atoms in total. The first kappa shape index (κ1) is 18.3. The number of ether oxygens (including phenoxy) is 2. The van der Waals surface area contributed by atoms with Gasteiger partial charge in [-0.05, 0) is 48.7 Å². The molecule has 0 aliphatic rings. The number of thiophene rings is 1. The Kier molecular flexibility index (Phi) is 5.81. The first-order valence-electron chi connectivity index (χ1n) is 7.97. The third kappa shape index (κ3) is 4.56. The van der Waals surface area contributed by atoms with Gasteiger partial charge in [0.15, 0.2) is 0 Å². The molecule has 0 spiro atoms. The molecule has 0 aliphatic heterocycles. The van der Waals surface area contributed by atoms with Gasteiger partial charge in [-0.1, -0.05) is 29.3 Å². The molecule has 1 heterocycles. The van der Waals surface area contributed by atoms with E-state index in [0.29, 0.717) is 27.9 Å². The number of halogens is 1. The molecule has 1 amide bonds. The second-order valence-electron chi connectivity index (χ2n) is 5.72. The van der Waals surface area contributed by atoms with Gasteiger partial charge in [-0.25, -0.2) is 0 Å². The SMILES string of the molecule is COc1ccc(NC(=O)c2cc(COc3ccc(C)cc3)cs2)cc1Cl. The lowest BCUT2D eigenvalue weighted by molar-refractivity contribution is 0.103. The molecule has 1 N–H and O–H groups in total. The Balaban J connectivity index is 1.60. The standard InChI is InChI=1S/C20H18ClNO3S/c1-13-3-6-16(7-4-13)25-11-14-9-19(26-12-14)20(23)22-15-5-8-18(24-2)17(21)10-15/h3-10,12H,11H2,1-2H3,(H,22,23). The maximum atomic E-state index is 12.4. The molecular formula is C20H18ClNO3S. The van der Waals surface area contributed by atoms with Gasteiger partial charge in [0.2, 0.25) is 0 Å². The number of carbonyl (C=O) groups is 1. The maximum absolute atomic E-state index is 12.4. The highest BCUT2D eigenvalue weighted by Gasteiger charge is 2.11. The van der Waals surface area contributed by atoms with E-state index in [9.17, 15) is 4.79 Å². The largest absolute Gasteiger partial charge is 0.495 e. The third-order valence-electron chi connectivity index (χ3n) is 3.71. The van der Waals surface area contributed by atoms with Gasteiger partial charge in [0.1, 0.15) is 18.1 Å². The van der Waals surface area contributed by atoms with Crippen LogP contribution in [-0.2, 0) is 6.61 Å². The predicted octanol–water partition coefficient (Wildman–Crippen LogP) is 5.55. The van der Waals surface area contributed by atoms with E-state index in [4.69, 9.17) is 21.1 Å². The van der Waals surface area contributed by atoms with E-state index in [1.54, 1.807) is 25.3 Å². The fourth-order valence-electron chi connectivity index (χ4n) is 2.31. The summed E-state index contributed by atoms with van der Waals surface area (Å²) in [7, 11) is 1.55. The first-order chi connectivity index (χ1) is 12.5. The van der Waals surface area contributed by atoms with Crippen molar-refractivity contribution >= 4 is 34.5 Å². The summed E-state index contributed by atoms with van der Waals surface area (Å²) in [6.45, 7) is 2.45. The van der Waals surface area contributed by atoms with Gasteiger partial charge in [-0.2, -0.15) is 0 Å². The lowest BCUT2D eigenvalue weighted by Gasteiger charge is -2.07. The highest BCUT2D eigenvalue weighted by atomic mass is 35.5. The molecule has 0 fully saturated rings. The highest BCUT2D eigenvalue weighted by molar-refractivity contribution is 7.12. The van der Waals surface area contributed by atoms with Crippen LogP contribution in [0, 0.1) is 6.92 Å². The van der Waals surface area contributed by atoms with E-state index in [-0.39, 0.29) is 5.91 Å². The number of carbonyl (C=O) groups excluding carboxylic acids is 1. The van der Waals surface area contributed by atoms with E-state index in [1.165, 1.54) is 16.9 Å². The quantitative estimate of drug-likeness (QED) is 0.603. The fourth-order valence-corrected chi connectivity index (χ4v) is 3.36. The molecule has 0 radical (unpaired) electrons. The lowest BCUT2D eigenvalue weighted by Crippen LogP contribution is -2.10. The summed E-state index contributed by atoms with van der Waals surface area (Å²) in [5.41, 5.74) is 2.76. The van der Waals surface area contributed by atoms with Crippen molar-refractivity contribution in [3.8, 4) is 11.5 Å². The van der Waals surface area contributed by atoms with Crippen LogP contribution in [0.5, 0.6) is 11.5 Å². The molecule has 0 atom stereocenters. The number of hydrogen-bond acceptors (Lipinski definition) is 4. The highest BCUT2D eigenvalue weighted by Crippen LogP contribution is 2.28. The van der Waals surface area contributed by atoms with E-state index in [2.05, 4.69) is 5.32 Å². The van der Waals surface area contributed by atoms with Crippen LogP contribution in [0.25, 0.3) is 0 Å². The van der Waals surface area contributed by atoms with Gasteiger partial charge in [0.25, 0.3) is 5.91 Å². The maximum Gasteiger partial charge on any atom is 0.265 e.